The van der Waals surface area contributed by atoms with Gasteiger partial charge in [0, 0.05) is 37.9 Å². The van der Waals surface area contributed by atoms with Crippen molar-refractivity contribution in [3.8, 4) is 0 Å². The van der Waals surface area contributed by atoms with Crippen LogP contribution in [0.2, 0.25) is 0 Å². The van der Waals surface area contributed by atoms with E-state index in [9.17, 15) is 9.59 Å². The van der Waals surface area contributed by atoms with E-state index in [1.54, 1.807) is 0 Å². The first-order valence-corrected chi connectivity index (χ1v) is 7.66. The van der Waals surface area contributed by atoms with Crippen molar-refractivity contribution >= 4 is 11.8 Å². The minimum absolute atomic E-state index is 0.0105. The van der Waals surface area contributed by atoms with Crippen molar-refractivity contribution in [2.24, 2.45) is 5.41 Å². The summed E-state index contributed by atoms with van der Waals surface area (Å²) in [7, 11) is 0. The molecule has 4 heteroatoms. The first kappa shape index (κ1) is 14.1. The molecule has 0 bridgehead atoms. The number of likely N-dealkylation sites (tertiary alicyclic amines) is 1. The third kappa shape index (κ3) is 3.09. The number of hydrogen-bond donors (Lipinski definition) is 1. The lowest BCUT2D eigenvalue weighted by molar-refractivity contribution is -0.130. The number of carbonyl (C=O) groups excluding carboxylic acids is 2. The van der Waals surface area contributed by atoms with Gasteiger partial charge >= 0.3 is 0 Å². The minimum atomic E-state index is 0.0105. The molecule has 2 heterocycles. The molecule has 2 aliphatic heterocycles. The van der Waals surface area contributed by atoms with E-state index in [-0.39, 0.29) is 17.2 Å². The third-order valence-electron chi connectivity index (χ3n) is 4.74. The number of amides is 2. The third-order valence-corrected chi connectivity index (χ3v) is 4.74. The average Bonchev–Trinajstić information content (AvgIpc) is 3.05. The molecule has 1 atom stereocenters. The van der Waals surface area contributed by atoms with E-state index in [0.29, 0.717) is 12.8 Å². The van der Waals surface area contributed by atoms with Crippen molar-refractivity contribution in [1.29, 1.82) is 0 Å². The zero-order valence-electron chi connectivity index (χ0n) is 12.5. The Bertz CT molecular complexity index is 552. The zero-order chi connectivity index (χ0) is 14.9. The van der Waals surface area contributed by atoms with E-state index in [0.717, 1.165) is 32.5 Å². The highest BCUT2D eigenvalue weighted by atomic mass is 16.2. The van der Waals surface area contributed by atoms with Crippen LogP contribution in [0.1, 0.15) is 30.4 Å². The lowest BCUT2D eigenvalue weighted by Gasteiger charge is -2.21. The Morgan fingerprint density at radius 2 is 2.10 bits per heavy atom. The molecule has 2 saturated heterocycles. The van der Waals surface area contributed by atoms with Gasteiger partial charge in [0.15, 0.2) is 0 Å². The van der Waals surface area contributed by atoms with Gasteiger partial charge in [-0.25, -0.2) is 0 Å². The predicted octanol–water partition coefficient (Wildman–Crippen LogP) is 1.67. The molecule has 1 unspecified atom stereocenters. The molecule has 2 aliphatic rings. The molecule has 0 aliphatic carbocycles. The van der Waals surface area contributed by atoms with Gasteiger partial charge in [-0.05, 0) is 25.3 Å². The Hall–Kier alpha value is -1.84. The standard InChI is InChI=1S/C17H22N2O2/c1-13-2-4-14(5-3-13)6-7-16(21)19-9-8-17(12-19)10-15(20)18-11-17/h2-5H,6-12H2,1H3,(H,18,20). The van der Waals surface area contributed by atoms with Crippen molar-refractivity contribution in [2.45, 2.75) is 32.6 Å². The topological polar surface area (TPSA) is 49.4 Å². The highest BCUT2D eigenvalue weighted by Crippen LogP contribution is 2.36. The first-order valence-electron chi connectivity index (χ1n) is 7.66. The Morgan fingerprint density at radius 3 is 2.76 bits per heavy atom. The lowest BCUT2D eigenvalue weighted by Crippen LogP contribution is -2.33. The molecular formula is C17H22N2O2. The Kier molecular flexibility index (Phi) is 3.70. The summed E-state index contributed by atoms with van der Waals surface area (Å²) in [5, 5.41) is 2.90. The van der Waals surface area contributed by atoms with Crippen molar-refractivity contribution in [1.82, 2.24) is 10.2 Å². The van der Waals surface area contributed by atoms with Crippen LogP contribution >= 0.6 is 0 Å². The Balaban J connectivity index is 1.52. The molecule has 0 radical (unpaired) electrons. The zero-order valence-corrected chi connectivity index (χ0v) is 12.5. The van der Waals surface area contributed by atoms with Crippen molar-refractivity contribution in [3.05, 3.63) is 35.4 Å². The van der Waals surface area contributed by atoms with E-state index in [1.807, 2.05) is 4.90 Å². The quantitative estimate of drug-likeness (QED) is 0.919. The van der Waals surface area contributed by atoms with Gasteiger partial charge in [0.05, 0.1) is 0 Å². The van der Waals surface area contributed by atoms with Crippen molar-refractivity contribution in [3.63, 3.8) is 0 Å². The SMILES string of the molecule is Cc1ccc(CCC(=O)N2CCC3(CNC(=O)C3)C2)cc1. The maximum atomic E-state index is 12.3. The maximum absolute atomic E-state index is 12.3. The van der Waals surface area contributed by atoms with Gasteiger partial charge in [0.1, 0.15) is 0 Å². The van der Waals surface area contributed by atoms with Gasteiger partial charge in [-0.15, -0.1) is 0 Å². The summed E-state index contributed by atoms with van der Waals surface area (Å²) in [4.78, 5) is 25.7. The molecular weight excluding hydrogens is 264 g/mol. The van der Waals surface area contributed by atoms with Crippen LogP contribution in [0.3, 0.4) is 0 Å². The molecule has 2 fully saturated rings. The summed E-state index contributed by atoms with van der Waals surface area (Å²) >= 11 is 0. The molecule has 112 valence electrons. The fourth-order valence-corrected chi connectivity index (χ4v) is 3.35. The van der Waals surface area contributed by atoms with Crippen LogP contribution in [0.15, 0.2) is 24.3 Å². The van der Waals surface area contributed by atoms with Crippen LogP contribution in [0.4, 0.5) is 0 Å². The van der Waals surface area contributed by atoms with E-state index >= 15 is 0 Å². The summed E-state index contributed by atoms with van der Waals surface area (Å²) in [5.74, 6) is 0.343. The van der Waals surface area contributed by atoms with Gasteiger partial charge in [-0.3, -0.25) is 9.59 Å². The summed E-state index contributed by atoms with van der Waals surface area (Å²) in [6, 6.07) is 8.35. The second-order valence-electron chi connectivity index (χ2n) is 6.50. The van der Waals surface area contributed by atoms with Crippen molar-refractivity contribution < 1.29 is 9.59 Å². The van der Waals surface area contributed by atoms with Gasteiger partial charge < -0.3 is 10.2 Å². The molecule has 1 aromatic carbocycles. The monoisotopic (exact) mass is 286 g/mol. The van der Waals surface area contributed by atoms with Gasteiger partial charge in [0.25, 0.3) is 0 Å². The predicted molar refractivity (Wildman–Crippen MR) is 80.8 cm³/mol. The number of carbonyl (C=O) groups is 2. The summed E-state index contributed by atoms with van der Waals surface area (Å²) in [6.07, 6.45) is 2.87. The second kappa shape index (κ2) is 5.51. The molecule has 4 nitrogen and oxygen atoms in total. The van der Waals surface area contributed by atoms with Crippen LogP contribution in [0.5, 0.6) is 0 Å². The molecule has 0 saturated carbocycles. The molecule has 1 aromatic rings. The molecule has 2 amide bonds. The van der Waals surface area contributed by atoms with E-state index in [4.69, 9.17) is 0 Å². The van der Waals surface area contributed by atoms with E-state index in [1.165, 1.54) is 11.1 Å². The second-order valence-corrected chi connectivity index (χ2v) is 6.50. The fraction of sp³-hybridized carbons (Fsp3) is 0.529. The van der Waals surface area contributed by atoms with E-state index < -0.39 is 0 Å². The molecule has 0 aromatic heterocycles. The number of aryl methyl sites for hydroxylation is 2. The lowest BCUT2D eigenvalue weighted by atomic mass is 9.86. The van der Waals surface area contributed by atoms with Crippen LogP contribution in [-0.4, -0.2) is 36.3 Å². The number of nitrogens with zero attached hydrogens (tertiary/aromatic N) is 1. The Labute approximate surface area is 125 Å². The van der Waals surface area contributed by atoms with Gasteiger partial charge in [-0.2, -0.15) is 0 Å². The number of nitrogens with one attached hydrogen (secondary N) is 1. The summed E-state index contributed by atoms with van der Waals surface area (Å²) in [5.41, 5.74) is 2.46. The summed E-state index contributed by atoms with van der Waals surface area (Å²) in [6.45, 7) is 4.32. The molecule has 1 N–H and O–H groups in total. The van der Waals surface area contributed by atoms with Gasteiger partial charge in [-0.1, -0.05) is 29.8 Å². The number of benzene rings is 1. The van der Waals surface area contributed by atoms with Crippen LogP contribution in [-0.2, 0) is 16.0 Å². The highest BCUT2D eigenvalue weighted by molar-refractivity contribution is 5.80. The molecule has 21 heavy (non-hydrogen) atoms. The van der Waals surface area contributed by atoms with Crippen LogP contribution in [0, 0.1) is 12.3 Å². The molecule has 1 spiro atoms. The smallest absolute Gasteiger partial charge is 0.222 e. The fourth-order valence-electron chi connectivity index (χ4n) is 3.35. The molecule has 3 rings (SSSR count). The number of rotatable bonds is 3. The van der Waals surface area contributed by atoms with Crippen LogP contribution in [0.25, 0.3) is 0 Å². The number of hydrogen-bond acceptors (Lipinski definition) is 2. The highest BCUT2D eigenvalue weighted by Gasteiger charge is 2.44. The largest absolute Gasteiger partial charge is 0.355 e. The van der Waals surface area contributed by atoms with Crippen molar-refractivity contribution in [2.75, 3.05) is 19.6 Å². The summed E-state index contributed by atoms with van der Waals surface area (Å²) < 4.78 is 0. The maximum Gasteiger partial charge on any atom is 0.222 e. The van der Waals surface area contributed by atoms with Crippen LogP contribution < -0.4 is 5.32 Å². The van der Waals surface area contributed by atoms with Gasteiger partial charge in [0.2, 0.25) is 11.8 Å². The minimum Gasteiger partial charge on any atom is -0.355 e. The van der Waals surface area contributed by atoms with E-state index in [2.05, 4.69) is 36.5 Å². The normalized spacial score (nSPS) is 24.6. The Morgan fingerprint density at radius 1 is 1.33 bits per heavy atom. The average molecular weight is 286 g/mol. The first-order chi connectivity index (χ1) is 10.1.